The minimum Gasteiger partial charge on any atom is -0.385 e. The van der Waals surface area contributed by atoms with Gasteiger partial charge >= 0.3 is 0 Å². The second-order valence-corrected chi connectivity index (χ2v) is 4.09. The Morgan fingerprint density at radius 2 is 2.13 bits per heavy atom. The smallest absolute Gasteiger partial charge is 0.188 e. The van der Waals surface area contributed by atoms with Gasteiger partial charge in [-0.15, -0.1) is 0 Å². The molecule has 1 rings (SSSR count). The van der Waals surface area contributed by atoms with Gasteiger partial charge in [0.1, 0.15) is 0 Å². The first-order valence-corrected chi connectivity index (χ1v) is 5.88. The van der Waals surface area contributed by atoms with Crippen molar-refractivity contribution in [3.63, 3.8) is 0 Å². The topological polar surface area (TPSA) is 59.6 Å². The van der Waals surface area contributed by atoms with E-state index in [0.29, 0.717) is 12.0 Å². The fourth-order valence-corrected chi connectivity index (χ4v) is 1.88. The number of aliphatic imine (C=N–C) groups is 1. The van der Waals surface area contributed by atoms with Crippen molar-refractivity contribution in [1.29, 1.82) is 0 Å². The van der Waals surface area contributed by atoms with Gasteiger partial charge in [0.05, 0.1) is 0 Å². The van der Waals surface area contributed by atoms with Gasteiger partial charge < -0.3 is 15.8 Å². The second kappa shape index (κ2) is 7.51. The molecule has 4 heteroatoms. The van der Waals surface area contributed by atoms with Crippen molar-refractivity contribution in [2.75, 3.05) is 20.3 Å². The van der Waals surface area contributed by atoms with E-state index in [-0.39, 0.29) is 0 Å². The van der Waals surface area contributed by atoms with Gasteiger partial charge in [-0.3, -0.25) is 4.99 Å². The van der Waals surface area contributed by atoms with E-state index in [1.54, 1.807) is 7.11 Å². The van der Waals surface area contributed by atoms with Crippen LogP contribution in [0.1, 0.15) is 38.5 Å². The van der Waals surface area contributed by atoms with Gasteiger partial charge in [0.2, 0.25) is 0 Å². The van der Waals surface area contributed by atoms with Crippen molar-refractivity contribution in [2.24, 2.45) is 10.7 Å². The van der Waals surface area contributed by atoms with E-state index < -0.39 is 0 Å². The minimum atomic E-state index is 0.563. The number of unbranched alkanes of at least 4 members (excludes halogenated alkanes) is 1. The number of rotatable bonds is 6. The molecular formula is C11H23N3O. The molecule has 1 aliphatic carbocycles. The summed E-state index contributed by atoms with van der Waals surface area (Å²) in [6, 6.07) is 0.563. The maximum absolute atomic E-state index is 5.78. The van der Waals surface area contributed by atoms with Crippen molar-refractivity contribution in [3.05, 3.63) is 0 Å². The van der Waals surface area contributed by atoms with Crippen LogP contribution in [0.5, 0.6) is 0 Å². The molecule has 0 unspecified atom stereocenters. The van der Waals surface area contributed by atoms with Gasteiger partial charge in [-0.25, -0.2) is 0 Å². The number of ether oxygens (including phenoxy) is 1. The van der Waals surface area contributed by atoms with Crippen molar-refractivity contribution < 1.29 is 4.74 Å². The van der Waals surface area contributed by atoms with Gasteiger partial charge in [-0.2, -0.15) is 0 Å². The molecule has 0 saturated heterocycles. The highest BCUT2D eigenvalue weighted by atomic mass is 16.5. The number of methoxy groups -OCH3 is 1. The van der Waals surface area contributed by atoms with E-state index >= 15 is 0 Å². The Labute approximate surface area is 92.3 Å². The van der Waals surface area contributed by atoms with Crippen LogP contribution in [0, 0.1) is 0 Å². The standard InChI is InChI=1S/C11H23N3O/c1-15-9-5-4-8-13-11(12)14-10-6-2-3-7-10/h10H,2-9H2,1H3,(H3,12,13,14). The summed E-state index contributed by atoms with van der Waals surface area (Å²) in [4.78, 5) is 4.29. The summed E-state index contributed by atoms with van der Waals surface area (Å²) in [6.45, 7) is 1.61. The number of nitrogens with zero attached hydrogens (tertiary/aromatic N) is 1. The van der Waals surface area contributed by atoms with Gasteiger partial charge in [-0.1, -0.05) is 12.8 Å². The summed E-state index contributed by atoms with van der Waals surface area (Å²) in [7, 11) is 1.72. The summed E-state index contributed by atoms with van der Waals surface area (Å²) < 4.78 is 4.96. The van der Waals surface area contributed by atoms with Gasteiger partial charge in [0, 0.05) is 26.3 Å². The molecular weight excluding hydrogens is 190 g/mol. The highest BCUT2D eigenvalue weighted by Crippen LogP contribution is 2.17. The van der Waals surface area contributed by atoms with Crippen molar-refractivity contribution >= 4 is 5.96 Å². The summed E-state index contributed by atoms with van der Waals surface area (Å²) in [6.07, 6.45) is 7.20. The molecule has 0 heterocycles. The first-order valence-electron chi connectivity index (χ1n) is 5.88. The number of nitrogens with one attached hydrogen (secondary N) is 1. The van der Waals surface area contributed by atoms with E-state index in [1.165, 1.54) is 25.7 Å². The van der Waals surface area contributed by atoms with E-state index in [2.05, 4.69) is 10.3 Å². The average Bonchev–Trinajstić information content (AvgIpc) is 2.70. The van der Waals surface area contributed by atoms with Crippen LogP contribution < -0.4 is 11.1 Å². The summed E-state index contributed by atoms with van der Waals surface area (Å²) in [5, 5.41) is 3.27. The Morgan fingerprint density at radius 1 is 1.40 bits per heavy atom. The van der Waals surface area contributed by atoms with Gasteiger partial charge in [0.25, 0.3) is 0 Å². The summed E-state index contributed by atoms with van der Waals surface area (Å²) in [5.41, 5.74) is 5.78. The Hall–Kier alpha value is -0.770. The Bertz CT molecular complexity index is 188. The molecule has 0 aromatic rings. The molecule has 0 aliphatic heterocycles. The van der Waals surface area contributed by atoms with Crippen LogP contribution >= 0.6 is 0 Å². The largest absolute Gasteiger partial charge is 0.385 e. The molecule has 1 aliphatic rings. The van der Waals surface area contributed by atoms with Crippen LogP contribution in [-0.4, -0.2) is 32.3 Å². The molecule has 1 saturated carbocycles. The number of guanidine groups is 1. The second-order valence-electron chi connectivity index (χ2n) is 4.09. The lowest BCUT2D eigenvalue weighted by molar-refractivity contribution is 0.193. The molecule has 0 amide bonds. The fraction of sp³-hybridized carbons (Fsp3) is 0.909. The summed E-state index contributed by atoms with van der Waals surface area (Å²) >= 11 is 0. The molecule has 1 fully saturated rings. The molecule has 4 nitrogen and oxygen atoms in total. The lowest BCUT2D eigenvalue weighted by atomic mass is 10.2. The van der Waals surface area contributed by atoms with Crippen LogP contribution in [0.2, 0.25) is 0 Å². The summed E-state index contributed by atoms with van der Waals surface area (Å²) in [5.74, 6) is 0.610. The van der Waals surface area contributed by atoms with E-state index in [1.807, 2.05) is 0 Å². The van der Waals surface area contributed by atoms with Crippen molar-refractivity contribution in [2.45, 2.75) is 44.6 Å². The van der Waals surface area contributed by atoms with Crippen LogP contribution in [0.3, 0.4) is 0 Å². The zero-order chi connectivity index (χ0) is 10.9. The Balaban J connectivity index is 2.04. The molecule has 88 valence electrons. The third kappa shape index (κ3) is 5.62. The maximum Gasteiger partial charge on any atom is 0.188 e. The molecule has 3 N–H and O–H groups in total. The molecule has 15 heavy (non-hydrogen) atoms. The van der Waals surface area contributed by atoms with Crippen LogP contribution in [0.25, 0.3) is 0 Å². The zero-order valence-corrected chi connectivity index (χ0v) is 9.67. The predicted molar refractivity (Wildman–Crippen MR) is 63.0 cm³/mol. The molecule has 0 aromatic heterocycles. The van der Waals surface area contributed by atoms with Gasteiger partial charge in [0.15, 0.2) is 5.96 Å². The first kappa shape index (κ1) is 12.3. The molecule has 0 atom stereocenters. The molecule has 0 bridgehead atoms. The molecule has 0 spiro atoms. The SMILES string of the molecule is COCCCCN=C(N)NC1CCCC1. The van der Waals surface area contributed by atoms with E-state index in [9.17, 15) is 0 Å². The third-order valence-corrected chi connectivity index (χ3v) is 2.75. The molecule has 0 aromatic carbocycles. The van der Waals surface area contributed by atoms with Crippen LogP contribution in [0.4, 0.5) is 0 Å². The predicted octanol–water partition coefficient (Wildman–Crippen LogP) is 1.26. The fourth-order valence-electron chi connectivity index (χ4n) is 1.88. The van der Waals surface area contributed by atoms with Crippen molar-refractivity contribution in [1.82, 2.24) is 5.32 Å². The quantitative estimate of drug-likeness (QED) is 0.397. The Morgan fingerprint density at radius 3 is 2.80 bits per heavy atom. The van der Waals surface area contributed by atoms with Crippen molar-refractivity contribution in [3.8, 4) is 0 Å². The van der Waals surface area contributed by atoms with Gasteiger partial charge in [-0.05, 0) is 25.7 Å². The molecule has 0 radical (unpaired) electrons. The highest BCUT2D eigenvalue weighted by Gasteiger charge is 2.14. The van der Waals surface area contributed by atoms with E-state index in [0.717, 1.165) is 26.0 Å². The maximum atomic E-state index is 5.78. The average molecular weight is 213 g/mol. The van der Waals surface area contributed by atoms with E-state index in [4.69, 9.17) is 10.5 Å². The number of hydrogen-bond acceptors (Lipinski definition) is 2. The first-order chi connectivity index (χ1) is 7.33. The number of hydrogen-bond donors (Lipinski definition) is 2. The highest BCUT2D eigenvalue weighted by molar-refractivity contribution is 5.78. The zero-order valence-electron chi connectivity index (χ0n) is 9.67. The van der Waals surface area contributed by atoms with Crippen LogP contribution in [0.15, 0.2) is 4.99 Å². The third-order valence-electron chi connectivity index (χ3n) is 2.75. The Kier molecular flexibility index (Phi) is 6.16. The lowest BCUT2D eigenvalue weighted by Crippen LogP contribution is -2.38. The monoisotopic (exact) mass is 213 g/mol. The number of nitrogens with two attached hydrogens (primary N) is 1. The normalized spacial score (nSPS) is 18.3. The minimum absolute atomic E-state index is 0.563. The van der Waals surface area contributed by atoms with Crippen LogP contribution in [-0.2, 0) is 4.74 Å². The lowest BCUT2D eigenvalue weighted by Gasteiger charge is -2.12.